The van der Waals surface area contributed by atoms with Crippen molar-refractivity contribution in [3.05, 3.63) is 70.8 Å². The summed E-state index contributed by atoms with van der Waals surface area (Å²) in [7, 11) is 0. The fourth-order valence-electron chi connectivity index (χ4n) is 3.42. The Hall–Kier alpha value is -2.48. The van der Waals surface area contributed by atoms with Crippen LogP contribution in [0.3, 0.4) is 0 Å². The number of thioether (sulfide) groups is 1. The van der Waals surface area contributed by atoms with Crippen molar-refractivity contribution < 1.29 is 22.8 Å². The van der Waals surface area contributed by atoms with E-state index in [4.69, 9.17) is 0 Å². The maximum Gasteiger partial charge on any atom is 0.416 e. The molecule has 2 aromatic carbocycles. The van der Waals surface area contributed by atoms with Crippen LogP contribution < -0.4 is 5.32 Å². The molecule has 0 radical (unpaired) electrons. The molecule has 1 heterocycles. The molecule has 4 nitrogen and oxygen atoms in total. The predicted octanol–water partition coefficient (Wildman–Crippen LogP) is 4.55. The van der Waals surface area contributed by atoms with Crippen molar-refractivity contribution >= 4 is 23.6 Å². The maximum absolute atomic E-state index is 13.3. The molecule has 1 N–H and O–H groups in total. The minimum atomic E-state index is -4.43. The van der Waals surface area contributed by atoms with Crippen LogP contribution in [-0.2, 0) is 11.0 Å². The molecule has 1 aliphatic carbocycles. The van der Waals surface area contributed by atoms with E-state index in [1.807, 2.05) is 19.1 Å². The van der Waals surface area contributed by atoms with E-state index in [1.54, 1.807) is 12.1 Å². The summed E-state index contributed by atoms with van der Waals surface area (Å²) in [5.41, 5.74) is 1.28. The second-order valence-electron chi connectivity index (χ2n) is 7.68. The molecule has 8 heteroatoms. The van der Waals surface area contributed by atoms with E-state index in [0.29, 0.717) is 16.9 Å². The Labute approximate surface area is 176 Å². The van der Waals surface area contributed by atoms with Gasteiger partial charge >= 0.3 is 6.18 Å². The summed E-state index contributed by atoms with van der Waals surface area (Å²) in [6, 6.07) is 11.4. The Morgan fingerprint density at radius 1 is 1.03 bits per heavy atom. The van der Waals surface area contributed by atoms with Gasteiger partial charge in [-0.25, -0.2) is 0 Å². The Bertz CT molecular complexity index is 940. The largest absolute Gasteiger partial charge is 0.416 e. The third-order valence-electron chi connectivity index (χ3n) is 5.28. The minimum absolute atomic E-state index is 0.156. The highest BCUT2D eigenvalue weighted by molar-refractivity contribution is 7.99. The number of hydrogen-bond acceptors (Lipinski definition) is 3. The summed E-state index contributed by atoms with van der Waals surface area (Å²) < 4.78 is 38.8. The van der Waals surface area contributed by atoms with Crippen LogP contribution in [0, 0.1) is 6.92 Å². The Balaban J connectivity index is 1.65. The third kappa shape index (κ3) is 4.33. The van der Waals surface area contributed by atoms with Gasteiger partial charge in [-0.15, -0.1) is 11.8 Å². The molecule has 2 atom stereocenters. The molecule has 1 aliphatic heterocycles. The lowest BCUT2D eigenvalue weighted by atomic mass is 10.1. The minimum Gasteiger partial charge on any atom is -0.352 e. The van der Waals surface area contributed by atoms with Crippen molar-refractivity contribution in [2.75, 3.05) is 5.75 Å². The first-order chi connectivity index (χ1) is 14.2. The number of alkyl halides is 3. The number of nitrogens with zero attached hydrogens (tertiary/aromatic N) is 1. The second-order valence-corrected chi connectivity index (χ2v) is 8.80. The van der Waals surface area contributed by atoms with Crippen LogP contribution in [0.25, 0.3) is 0 Å². The summed E-state index contributed by atoms with van der Waals surface area (Å²) in [5, 5.41) is 2.42. The highest BCUT2D eigenvalue weighted by atomic mass is 32.2. The molecule has 158 valence electrons. The van der Waals surface area contributed by atoms with Gasteiger partial charge in [0.05, 0.1) is 5.56 Å². The number of benzene rings is 2. The van der Waals surface area contributed by atoms with E-state index in [-0.39, 0.29) is 17.9 Å². The number of halogens is 3. The van der Waals surface area contributed by atoms with Crippen molar-refractivity contribution in [3.63, 3.8) is 0 Å². The van der Waals surface area contributed by atoms with Gasteiger partial charge in [0, 0.05) is 17.4 Å². The molecule has 0 spiro atoms. The van der Waals surface area contributed by atoms with Crippen molar-refractivity contribution in [2.24, 2.45) is 0 Å². The molecule has 1 saturated carbocycles. The summed E-state index contributed by atoms with van der Waals surface area (Å²) in [6.45, 7) is 1.91. The molecule has 2 aliphatic rings. The van der Waals surface area contributed by atoms with E-state index in [9.17, 15) is 22.8 Å². The van der Waals surface area contributed by atoms with Crippen LogP contribution in [0.1, 0.15) is 45.3 Å². The summed E-state index contributed by atoms with van der Waals surface area (Å²) in [6.07, 6.45) is -2.56. The summed E-state index contributed by atoms with van der Waals surface area (Å²) in [5.74, 6) is -0.123. The fraction of sp³-hybridized carbons (Fsp3) is 0.364. The first-order valence-corrected chi connectivity index (χ1v) is 10.8. The smallest absolute Gasteiger partial charge is 0.352 e. The zero-order chi connectivity index (χ0) is 21.5. The van der Waals surface area contributed by atoms with E-state index < -0.39 is 23.2 Å². The Kier molecular flexibility index (Phi) is 5.53. The summed E-state index contributed by atoms with van der Waals surface area (Å²) >= 11 is 1.39. The van der Waals surface area contributed by atoms with Crippen molar-refractivity contribution in [2.45, 2.75) is 43.4 Å². The average Bonchev–Trinajstić information content (AvgIpc) is 3.41. The van der Waals surface area contributed by atoms with Crippen LogP contribution in [0.15, 0.2) is 48.5 Å². The zero-order valence-corrected chi connectivity index (χ0v) is 17.1. The molecule has 0 aromatic heterocycles. The lowest BCUT2D eigenvalue weighted by Gasteiger charge is -2.29. The highest BCUT2D eigenvalue weighted by Crippen LogP contribution is 2.43. The lowest BCUT2D eigenvalue weighted by molar-refractivity contribution is -0.137. The fourth-order valence-corrected chi connectivity index (χ4v) is 4.85. The maximum atomic E-state index is 13.3. The van der Waals surface area contributed by atoms with Gasteiger partial charge in [0.25, 0.3) is 5.91 Å². The Morgan fingerprint density at radius 3 is 2.23 bits per heavy atom. The van der Waals surface area contributed by atoms with Gasteiger partial charge in [-0.3, -0.25) is 9.59 Å². The number of aryl methyl sites for hydroxylation is 1. The van der Waals surface area contributed by atoms with Gasteiger partial charge in [0.2, 0.25) is 5.91 Å². The SMILES string of the molecule is Cc1ccc(C(=O)N2C(C(=O)NC3CC3)CSC2c2ccc(C(F)(F)F)cc2)cc1. The predicted molar refractivity (Wildman–Crippen MR) is 109 cm³/mol. The van der Waals surface area contributed by atoms with Crippen LogP contribution in [0.4, 0.5) is 13.2 Å². The van der Waals surface area contributed by atoms with Crippen LogP contribution in [-0.4, -0.2) is 34.6 Å². The monoisotopic (exact) mass is 434 g/mol. The van der Waals surface area contributed by atoms with Gasteiger partial charge in [-0.1, -0.05) is 29.8 Å². The topological polar surface area (TPSA) is 49.4 Å². The molecule has 2 aromatic rings. The number of rotatable bonds is 4. The van der Waals surface area contributed by atoms with Gasteiger partial charge in [0.15, 0.2) is 0 Å². The molecular formula is C22H21F3N2O2S. The number of carbonyl (C=O) groups is 2. The first-order valence-electron chi connectivity index (χ1n) is 9.72. The van der Waals surface area contributed by atoms with Crippen LogP contribution in [0.5, 0.6) is 0 Å². The first kappa shape index (κ1) is 20.8. The van der Waals surface area contributed by atoms with Crippen LogP contribution >= 0.6 is 11.8 Å². The number of nitrogens with one attached hydrogen (secondary N) is 1. The number of amides is 2. The average molecular weight is 434 g/mol. The van der Waals surface area contributed by atoms with Crippen molar-refractivity contribution in [3.8, 4) is 0 Å². The van der Waals surface area contributed by atoms with Gasteiger partial charge in [-0.05, 0) is 49.6 Å². The molecule has 0 bridgehead atoms. The highest BCUT2D eigenvalue weighted by Gasteiger charge is 2.44. The van der Waals surface area contributed by atoms with E-state index in [0.717, 1.165) is 30.5 Å². The van der Waals surface area contributed by atoms with E-state index in [2.05, 4.69) is 5.32 Å². The van der Waals surface area contributed by atoms with E-state index in [1.165, 1.54) is 28.8 Å². The Morgan fingerprint density at radius 2 is 1.67 bits per heavy atom. The molecular weight excluding hydrogens is 413 g/mol. The third-order valence-corrected chi connectivity index (χ3v) is 6.61. The quantitative estimate of drug-likeness (QED) is 0.768. The van der Waals surface area contributed by atoms with Crippen molar-refractivity contribution in [1.29, 1.82) is 0 Å². The number of hydrogen-bond donors (Lipinski definition) is 1. The van der Waals surface area contributed by atoms with Gasteiger partial charge in [-0.2, -0.15) is 13.2 Å². The van der Waals surface area contributed by atoms with Crippen molar-refractivity contribution in [1.82, 2.24) is 10.2 Å². The normalized spacial score (nSPS) is 21.5. The lowest BCUT2D eigenvalue weighted by Crippen LogP contribution is -2.48. The molecule has 2 unspecified atom stereocenters. The molecule has 4 rings (SSSR count). The second kappa shape index (κ2) is 7.98. The molecule has 1 saturated heterocycles. The van der Waals surface area contributed by atoms with Gasteiger partial charge < -0.3 is 10.2 Å². The molecule has 2 fully saturated rings. The standard InChI is InChI=1S/C22H21F3N2O2S/c1-13-2-4-14(5-3-13)20(29)27-18(19(28)26-17-10-11-17)12-30-21(27)15-6-8-16(9-7-15)22(23,24)25/h2-9,17-18,21H,10-12H2,1H3,(H,26,28). The van der Waals surface area contributed by atoms with Gasteiger partial charge in [0.1, 0.15) is 11.4 Å². The van der Waals surface area contributed by atoms with E-state index >= 15 is 0 Å². The summed E-state index contributed by atoms with van der Waals surface area (Å²) in [4.78, 5) is 27.6. The number of carbonyl (C=O) groups excluding carboxylic acids is 2. The molecule has 2 amide bonds. The molecule has 30 heavy (non-hydrogen) atoms. The zero-order valence-electron chi connectivity index (χ0n) is 16.3. The van der Waals surface area contributed by atoms with Crippen LogP contribution in [0.2, 0.25) is 0 Å².